The van der Waals surface area contributed by atoms with Crippen LogP contribution in [-0.4, -0.2) is 35.8 Å². The van der Waals surface area contributed by atoms with Crippen molar-refractivity contribution in [2.45, 2.75) is 57.5 Å². The van der Waals surface area contributed by atoms with Crippen molar-refractivity contribution in [2.24, 2.45) is 5.92 Å². The van der Waals surface area contributed by atoms with Crippen LogP contribution < -0.4 is 10.6 Å². The molecule has 2 aromatic rings. The second-order valence-corrected chi connectivity index (χ2v) is 9.47. The SMILES string of the molecule is O=C(Nc1cccc(CN2CCC(C(=O)NC3CCCCC3)CC2)c1)c1cccs1. The van der Waals surface area contributed by atoms with E-state index in [1.165, 1.54) is 36.2 Å². The number of carbonyl (C=O) groups excluding carboxylic acids is 2. The van der Waals surface area contributed by atoms with Crippen LogP contribution in [0.5, 0.6) is 0 Å². The van der Waals surface area contributed by atoms with E-state index in [0.29, 0.717) is 10.9 Å². The van der Waals surface area contributed by atoms with E-state index in [2.05, 4.69) is 21.6 Å². The number of benzene rings is 1. The second-order valence-electron chi connectivity index (χ2n) is 8.53. The molecule has 0 spiro atoms. The summed E-state index contributed by atoms with van der Waals surface area (Å²) in [6.07, 6.45) is 7.94. The van der Waals surface area contributed by atoms with E-state index in [0.717, 1.165) is 51.0 Å². The monoisotopic (exact) mass is 425 g/mol. The van der Waals surface area contributed by atoms with Gasteiger partial charge in [0, 0.05) is 24.2 Å². The van der Waals surface area contributed by atoms with Gasteiger partial charge in [0.05, 0.1) is 4.88 Å². The lowest BCUT2D eigenvalue weighted by molar-refractivity contribution is -0.127. The smallest absolute Gasteiger partial charge is 0.265 e. The van der Waals surface area contributed by atoms with Crippen molar-refractivity contribution < 1.29 is 9.59 Å². The molecular weight excluding hydrogens is 394 g/mol. The maximum atomic E-state index is 12.6. The number of nitrogens with one attached hydrogen (secondary N) is 2. The minimum Gasteiger partial charge on any atom is -0.353 e. The van der Waals surface area contributed by atoms with Gasteiger partial charge in [-0.3, -0.25) is 14.5 Å². The molecule has 1 saturated heterocycles. The Morgan fingerprint density at radius 2 is 1.80 bits per heavy atom. The van der Waals surface area contributed by atoms with Gasteiger partial charge in [0.15, 0.2) is 0 Å². The summed E-state index contributed by atoms with van der Waals surface area (Å²) in [5.74, 6) is 0.353. The third-order valence-corrected chi connectivity index (χ3v) is 7.11. The normalized spacial score (nSPS) is 18.8. The predicted octanol–water partition coefficient (Wildman–Crippen LogP) is 4.66. The molecule has 1 aliphatic heterocycles. The third-order valence-electron chi connectivity index (χ3n) is 6.25. The third kappa shape index (κ3) is 5.70. The van der Waals surface area contributed by atoms with Crippen LogP contribution in [0.1, 0.15) is 60.2 Å². The predicted molar refractivity (Wildman–Crippen MR) is 122 cm³/mol. The highest BCUT2D eigenvalue weighted by Crippen LogP contribution is 2.23. The quantitative estimate of drug-likeness (QED) is 0.707. The number of anilines is 1. The Kier molecular flexibility index (Phi) is 7.18. The molecule has 0 unspecified atom stereocenters. The van der Waals surface area contributed by atoms with Crippen LogP contribution in [0.25, 0.3) is 0 Å². The molecule has 2 fully saturated rings. The lowest BCUT2D eigenvalue weighted by Crippen LogP contribution is -2.44. The molecule has 0 radical (unpaired) electrons. The summed E-state index contributed by atoms with van der Waals surface area (Å²) in [5.41, 5.74) is 2.01. The molecule has 2 amide bonds. The molecule has 30 heavy (non-hydrogen) atoms. The molecule has 6 heteroatoms. The van der Waals surface area contributed by atoms with E-state index in [-0.39, 0.29) is 17.7 Å². The first kappa shape index (κ1) is 21.1. The second kappa shape index (κ2) is 10.2. The number of likely N-dealkylation sites (tertiary alicyclic amines) is 1. The average molecular weight is 426 g/mol. The molecule has 0 bridgehead atoms. The van der Waals surface area contributed by atoms with Crippen molar-refractivity contribution in [2.75, 3.05) is 18.4 Å². The molecule has 5 nitrogen and oxygen atoms in total. The van der Waals surface area contributed by atoms with Gasteiger partial charge in [0.1, 0.15) is 0 Å². The number of thiophene rings is 1. The highest BCUT2D eigenvalue weighted by atomic mass is 32.1. The van der Waals surface area contributed by atoms with Crippen LogP contribution in [0, 0.1) is 5.92 Å². The van der Waals surface area contributed by atoms with Crippen molar-refractivity contribution in [1.82, 2.24) is 10.2 Å². The Morgan fingerprint density at radius 1 is 1.00 bits per heavy atom. The first-order valence-electron chi connectivity index (χ1n) is 11.1. The zero-order valence-electron chi connectivity index (χ0n) is 17.4. The van der Waals surface area contributed by atoms with Crippen molar-refractivity contribution in [3.05, 3.63) is 52.2 Å². The number of carbonyl (C=O) groups is 2. The standard InChI is InChI=1S/C24H31N3O2S/c28-23(25-20-7-2-1-3-8-20)19-11-13-27(14-12-19)17-18-6-4-9-21(16-18)26-24(29)22-10-5-15-30-22/h4-6,9-10,15-16,19-20H,1-3,7-8,11-14,17H2,(H,25,28)(H,26,29). The fourth-order valence-corrected chi connectivity index (χ4v) is 5.14. The summed E-state index contributed by atoms with van der Waals surface area (Å²) in [7, 11) is 0. The van der Waals surface area contributed by atoms with Crippen molar-refractivity contribution in [1.29, 1.82) is 0 Å². The lowest BCUT2D eigenvalue weighted by atomic mass is 9.92. The number of amides is 2. The van der Waals surface area contributed by atoms with Crippen LogP contribution in [0.3, 0.4) is 0 Å². The van der Waals surface area contributed by atoms with Crippen LogP contribution in [0.2, 0.25) is 0 Å². The maximum absolute atomic E-state index is 12.6. The highest BCUT2D eigenvalue weighted by molar-refractivity contribution is 7.12. The first-order chi connectivity index (χ1) is 14.7. The molecule has 2 N–H and O–H groups in total. The minimum absolute atomic E-state index is 0.0630. The van der Waals surface area contributed by atoms with Gasteiger partial charge in [-0.05, 0) is 67.9 Å². The van der Waals surface area contributed by atoms with E-state index < -0.39 is 0 Å². The van der Waals surface area contributed by atoms with Crippen molar-refractivity contribution >= 4 is 28.8 Å². The largest absolute Gasteiger partial charge is 0.353 e. The fraction of sp³-hybridized carbons (Fsp3) is 0.500. The van der Waals surface area contributed by atoms with Gasteiger partial charge in [-0.1, -0.05) is 37.5 Å². The lowest BCUT2D eigenvalue weighted by Gasteiger charge is -2.32. The van der Waals surface area contributed by atoms with Crippen molar-refractivity contribution in [3.63, 3.8) is 0 Å². The Balaban J connectivity index is 1.24. The molecule has 1 aromatic carbocycles. The molecular formula is C24H31N3O2S. The van der Waals surface area contributed by atoms with Gasteiger partial charge in [0.25, 0.3) is 5.91 Å². The summed E-state index contributed by atoms with van der Waals surface area (Å²) >= 11 is 1.44. The number of nitrogens with zero attached hydrogens (tertiary/aromatic N) is 1. The van der Waals surface area contributed by atoms with Gasteiger partial charge in [0.2, 0.25) is 5.91 Å². The van der Waals surface area contributed by atoms with Crippen molar-refractivity contribution in [3.8, 4) is 0 Å². The molecule has 0 atom stereocenters. The summed E-state index contributed by atoms with van der Waals surface area (Å²) < 4.78 is 0. The summed E-state index contributed by atoms with van der Waals surface area (Å²) in [5, 5.41) is 8.18. The Labute approximate surface area is 182 Å². The fourth-order valence-electron chi connectivity index (χ4n) is 4.53. The minimum atomic E-state index is -0.0630. The average Bonchev–Trinajstić information content (AvgIpc) is 3.30. The van der Waals surface area contributed by atoms with Crippen LogP contribution in [-0.2, 0) is 11.3 Å². The van der Waals surface area contributed by atoms with E-state index in [1.807, 2.05) is 35.7 Å². The highest BCUT2D eigenvalue weighted by Gasteiger charge is 2.27. The molecule has 1 aliphatic carbocycles. The molecule has 4 rings (SSSR count). The number of hydrogen-bond acceptors (Lipinski definition) is 4. The summed E-state index contributed by atoms with van der Waals surface area (Å²) in [6.45, 7) is 2.72. The molecule has 2 aliphatic rings. The van der Waals surface area contributed by atoms with Gasteiger partial charge >= 0.3 is 0 Å². The van der Waals surface area contributed by atoms with Crippen LogP contribution >= 0.6 is 11.3 Å². The Hall–Kier alpha value is -2.18. The Bertz CT molecular complexity index is 838. The number of hydrogen-bond donors (Lipinski definition) is 2. The van der Waals surface area contributed by atoms with E-state index in [9.17, 15) is 9.59 Å². The van der Waals surface area contributed by atoms with E-state index >= 15 is 0 Å². The van der Waals surface area contributed by atoms with Crippen LogP contribution in [0.15, 0.2) is 41.8 Å². The van der Waals surface area contributed by atoms with E-state index in [1.54, 1.807) is 0 Å². The number of rotatable bonds is 6. The molecule has 2 heterocycles. The summed E-state index contributed by atoms with van der Waals surface area (Å²) in [6, 6.07) is 12.2. The molecule has 1 saturated carbocycles. The van der Waals surface area contributed by atoms with E-state index in [4.69, 9.17) is 0 Å². The number of piperidine rings is 1. The topological polar surface area (TPSA) is 61.4 Å². The first-order valence-corrected chi connectivity index (χ1v) is 12.0. The van der Waals surface area contributed by atoms with Crippen LogP contribution in [0.4, 0.5) is 5.69 Å². The van der Waals surface area contributed by atoms with Gasteiger partial charge in [-0.25, -0.2) is 0 Å². The zero-order valence-corrected chi connectivity index (χ0v) is 18.3. The van der Waals surface area contributed by atoms with Gasteiger partial charge in [-0.15, -0.1) is 11.3 Å². The van der Waals surface area contributed by atoms with Gasteiger partial charge < -0.3 is 10.6 Å². The maximum Gasteiger partial charge on any atom is 0.265 e. The summed E-state index contributed by atoms with van der Waals surface area (Å²) in [4.78, 5) is 28.0. The van der Waals surface area contributed by atoms with Gasteiger partial charge in [-0.2, -0.15) is 0 Å². The molecule has 1 aromatic heterocycles. The molecule has 160 valence electrons. The Morgan fingerprint density at radius 3 is 2.53 bits per heavy atom. The zero-order chi connectivity index (χ0) is 20.8.